The molecule has 0 spiro atoms. The standard InChI is InChI=1S/C12H15N3O/c1-7-8(2)10-6-4-3-5-9(7)11(10)14-15-12(13)16/h3-6,9-10H,1-2H3,(H3,13,15,16)/t9-,10+. The number of carbonyl (C=O) groups is 1. The summed E-state index contributed by atoms with van der Waals surface area (Å²) in [5.74, 6) is 0.374. The monoisotopic (exact) mass is 217 g/mol. The average molecular weight is 217 g/mol. The van der Waals surface area contributed by atoms with Gasteiger partial charge in [0, 0.05) is 11.8 Å². The van der Waals surface area contributed by atoms with Crippen LogP contribution in [0.25, 0.3) is 0 Å². The quantitative estimate of drug-likeness (QED) is 0.509. The van der Waals surface area contributed by atoms with E-state index in [0.29, 0.717) is 0 Å². The predicted molar refractivity (Wildman–Crippen MR) is 63.8 cm³/mol. The lowest BCUT2D eigenvalue weighted by molar-refractivity contribution is 0.249. The molecule has 0 aromatic carbocycles. The second kappa shape index (κ2) is 3.96. The zero-order valence-electron chi connectivity index (χ0n) is 9.40. The first-order chi connectivity index (χ1) is 7.61. The summed E-state index contributed by atoms with van der Waals surface area (Å²) in [6, 6.07) is -0.626. The molecule has 0 aliphatic heterocycles. The van der Waals surface area contributed by atoms with Gasteiger partial charge in [-0.15, -0.1) is 0 Å². The average Bonchev–Trinajstić information content (AvgIpc) is 2.44. The molecule has 2 rings (SSSR count). The van der Waals surface area contributed by atoms with Crippen LogP contribution in [0.1, 0.15) is 13.8 Å². The van der Waals surface area contributed by atoms with E-state index in [4.69, 9.17) is 5.73 Å². The minimum absolute atomic E-state index is 0.187. The number of primary amides is 1. The van der Waals surface area contributed by atoms with Crippen LogP contribution in [0.4, 0.5) is 4.79 Å². The third-order valence-electron chi connectivity index (χ3n) is 3.21. The van der Waals surface area contributed by atoms with Gasteiger partial charge in [0.25, 0.3) is 0 Å². The normalized spacial score (nSPS) is 29.8. The Hall–Kier alpha value is -1.84. The molecule has 2 aliphatic carbocycles. The molecule has 3 N–H and O–H groups in total. The number of nitrogens with zero attached hydrogens (tertiary/aromatic N) is 1. The van der Waals surface area contributed by atoms with Crippen LogP contribution in [0, 0.1) is 11.8 Å². The number of hydrogen-bond donors (Lipinski definition) is 2. The van der Waals surface area contributed by atoms with Crippen LogP contribution in [0.5, 0.6) is 0 Å². The molecular weight excluding hydrogens is 202 g/mol. The van der Waals surface area contributed by atoms with E-state index in [1.54, 1.807) is 0 Å². The van der Waals surface area contributed by atoms with Gasteiger partial charge in [-0.2, -0.15) is 5.10 Å². The van der Waals surface area contributed by atoms with Crippen LogP contribution in [-0.4, -0.2) is 11.7 Å². The number of hydrogen-bond acceptors (Lipinski definition) is 2. The highest BCUT2D eigenvalue weighted by atomic mass is 16.2. The van der Waals surface area contributed by atoms with Crippen molar-refractivity contribution in [3.8, 4) is 0 Å². The summed E-state index contributed by atoms with van der Waals surface area (Å²) in [4.78, 5) is 10.7. The van der Waals surface area contributed by atoms with Gasteiger partial charge in [0.2, 0.25) is 0 Å². The van der Waals surface area contributed by atoms with E-state index >= 15 is 0 Å². The lowest BCUT2D eigenvalue weighted by atomic mass is 9.98. The molecule has 16 heavy (non-hydrogen) atoms. The molecule has 0 unspecified atom stereocenters. The summed E-state index contributed by atoms with van der Waals surface area (Å²) in [6.45, 7) is 4.20. The summed E-state index contributed by atoms with van der Waals surface area (Å²) in [5.41, 5.74) is 10.9. The number of hydrazone groups is 1. The van der Waals surface area contributed by atoms with Crippen LogP contribution < -0.4 is 11.2 Å². The Kier molecular flexibility index (Phi) is 2.64. The zero-order chi connectivity index (χ0) is 11.7. The number of urea groups is 1. The van der Waals surface area contributed by atoms with Gasteiger partial charge in [-0.1, -0.05) is 35.5 Å². The fourth-order valence-corrected chi connectivity index (χ4v) is 2.22. The number of fused-ring (bicyclic) bond motifs is 2. The largest absolute Gasteiger partial charge is 0.350 e. The lowest BCUT2D eigenvalue weighted by Crippen LogP contribution is -2.28. The molecule has 2 aliphatic rings. The highest BCUT2D eigenvalue weighted by Crippen LogP contribution is 2.37. The van der Waals surface area contributed by atoms with E-state index in [9.17, 15) is 4.79 Å². The SMILES string of the molecule is CC1=C(C)[C@H]2C=CC=C[C@@H]1C2=NNC(N)=O. The second-order valence-electron chi connectivity index (χ2n) is 4.10. The van der Waals surface area contributed by atoms with Crippen molar-refractivity contribution >= 4 is 11.7 Å². The van der Waals surface area contributed by atoms with Gasteiger partial charge >= 0.3 is 6.03 Å². The molecule has 2 bridgehead atoms. The van der Waals surface area contributed by atoms with Crippen LogP contribution in [0.15, 0.2) is 40.6 Å². The second-order valence-corrected chi connectivity index (χ2v) is 4.10. The Balaban J connectivity index is 2.37. The number of allylic oxidation sites excluding steroid dienone is 6. The predicted octanol–water partition coefficient (Wildman–Crippen LogP) is 1.72. The summed E-state index contributed by atoms with van der Waals surface area (Å²) < 4.78 is 0. The Morgan fingerprint density at radius 2 is 1.75 bits per heavy atom. The number of carbonyl (C=O) groups excluding carboxylic acids is 1. The third-order valence-corrected chi connectivity index (χ3v) is 3.21. The third kappa shape index (κ3) is 1.66. The molecule has 0 aromatic heterocycles. The smallest absolute Gasteiger partial charge is 0.332 e. The summed E-state index contributed by atoms with van der Waals surface area (Å²) in [7, 11) is 0. The fourth-order valence-electron chi connectivity index (χ4n) is 2.22. The van der Waals surface area contributed by atoms with Crippen LogP contribution in [0.3, 0.4) is 0 Å². The van der Waals surface area contributed by atoms with Crippen molar-refractivity contribution in [2.75, 3.05) is 0 Å². The van der Waals surface area contributed by atoms with Gasteiger partial charge in [-0.05, 0) is 13.8 Å². The Morgan fingerprint density at radius 1 is 1.25 bits per heavy atom. The molecule has 84 valence electrons. The highest BCUT2D eigenvalue weighted by Gasteiger charge is 2.33. The van der Waals surface area contributed by atoms with E-state index in [-0.39, 0.29) is 11.8 Å². The molecule has 0 saturated carbocycles. The first-order valence-electron chi connectivity index (χ1n) is 5.26. The van der Waals surface area contributed by atoms with Gasteiger partial charge in [0.15, 0.2) is 0 Å². The van der Waals surface area contributed by atoms with Crippen LogP contribution >= 0.6 is 0 Å². The lowest BCUT2D eigenvalue weighted by Gasteiger charge is -2.10. The highest BCUT2D eigenvalue weighted by molar-refractivity contribution is 6.00. The van der Waals surface area contributed by atoms with E-state index in [0.717, 1.165) is 5.71 Å². The fraction of sp³-hybridized carbons (Fsp3) is 0.333. The number of nitrogens with one attached hydrogen (secondary N) is 1. The zero-order valence-corrected chi connectivity index (χ0v) is 9.40. The van der Waals surface area contributed by atoms with E-state index in [1.165, 1.54) is 11.1 Å². The molecule has 0 saturated heterocycles. The number of amides is 2. The van der Waals surface area contributed by atoms with Gasteiger partial charge < -0.3 is 5.73 Å². The number of nitrogens with two attached hydrogens (primary N) is 1. The molecule has 4 nitrogen and oxygen atoms in total. The molecule has 2 atom stereocenters. The summed E-state index contributed by atoms with van der Waals surface area (Å²) in [6.07, 6.45) is 8.20. The van der Waals surface area contributed by atoms with Crippen molar-refractivity contribution in [3.63, 3.8) is 0 Å². The minimum Gasteiger partial charge on any atom is -0.350 e. The molecule has 4 heteroatoms. The van der Waals surface area contributed by atoms with Crippen molar-refractivity contribution in [1.29, 1.82) is 0 Å². The molecular formula is C12H15N3O. The Labute approximate surface area is 94.6 Å². The number of rotatable bonds is 1. The topological polar surface area (TPSA) is 67.5 Å². The molecule has 2 amide bonds. The summed E-state index contributed by atoms with van der Waals surface area (Å²) in [5, 5.41) is 4.12. The Bertz CT molecular complexity index is 413. The van der Waals surface area contributed by atoms with E-state index in [1.807, 2.05) is 12.2 Å². The first-order valence-corrected chi connectivity index (χ1v) is 5.26. The van der Waals surface area contributed by atoms with Crippen LogP contribution in [-0.2, 0) is 0 Å². The van der Waals surface area contributed by atoms with Crippen molar-refractivity contribution in [1.82, 2.24) is 5.43 Å². The van der Waals surface area contributed by atoms with Gasteiger partial charge in [-0.25, -0.2) is 10.2 Å². The van der Waals surface area contributed by atoms with Crippen molar-refractivity contribution < 1.29 is 4.79 Å². The molecule has 0 heterocycles. The van der Waals surface area contributed by atoms with Crippen LogP contribution in [0.2, 0.25) is 0 Å². The molecule has 0 aromatic rings. The van der Waals surface area contributed by atoms with Gasteiger partial charge in [0.05, 0.1) is 5.71 Å². The van der Waals surface area contributed by atoms with Crippen molar-refractivity contribution in [2.24, 2.45) is 22.7 Å². The molecule has 0 fully saturated rings. The summed E-state index contributed by atoms with van der Waals surface area (Å²) >= 11 is 0. The van der Waals surface area contributed by atoms with E-state index < -0.39 is 6.03 Å². The van der Waals surface area contributed by atoms with Gasteiger partial charge in [0.1, 0.15) is 0 Å². The minimum atomic E-state index is -0.626. The Morgan fingerprint density at radius 3 is 2.19 bits per heavy atom. The maximum Gasteiger partial charge on any atom is 0.332 e. The van der Waals surface area contributed by atoms with Gasteiger partial charge in [-0.3, -0.25) is 0 Å². The maximum absolute atomic E-state index is 10.7. The molecule has 0 radical (unpaired) electrons. The maximum atomic E-state index is 10.7. The van der Waals surface area contributed by atoms with Crippen molar-refractivity contribution in [3.05, 3.63) is 35.5 Å². The van der Waals surface area contributed by atoms with Crippen molar-refractivity contribution in [2.45, 2.75) is 13.8 Å². The van der Waals surface area contributed by atoms with E-state index in [2.05, 4.69) is 36.5 Å². The first kappa shape index (κ1) is 10.7.